The van der Waals surface area contributed by atoms with Crippen molar-refractivity contribution in [2.45, 2.75) is 32.9 Å². The molecule has 0 bridgehead atoms. The first kappa shape index (κ1) is 21.7. The zero-order valence-electron chi connectivity index (χ0n) is 15.1. The van der Waals surface area contributed by atoms with Gasteiger partial charge in [-0.3, -0.25) is 9.59 Å². The third kappa shape index (κ3) is 6.23. The summed E-state index contributed by atoms with van der Waals surface area (Å²) in [6.45, 7) is 4.41. The summed E-state index contributed by atoms with van der Waals surface area (Å²) >= 11 is 15.5. The Kier molecular flexibility index (Phi) is 8.14. The molecule has 0 radical (unpaired) electrons. The van der Waals surface area contributed by atoms with Gasteiger partial charge < -0.3 is 10.2 Å². The molecule has 2 aromatic rings. The average Bonchev–Trinajstić information content (AvgIpc) is 2.63. The number of carbonyl (C=O) groups is 2. The third-order valence-electron chi connectivity index (χ3n) is 4.14. The number of carbonyl (C=O) groups excluding carboxylic acids is 2. The Morgan fingerprint density at radius 3 is 2.41 bits per heavy atom. The third-order valence-corrected chi connectivity index (χ3v) is 5.26. The lowest BCUT2D eigenvalue weighted by molar-refractivity contribution is -0.140. The molecular formula is C20H21BrCl2N2O2. The van der Waals surface area contributed by atoms with Crippen LogP contribution >= 0.6 is 39.1 Å². The number of likely N-dealkylation sites (N-methyl/N-ethyl adjacent to an activating group) is 1. The van der Waals surface area contributed by atoms with Crippen LogP contribution in [0.25, 0.3) is 0 Å². The van der Waals surface area contributed by atoms with Crippen molar-refractivity contribution in [1.82, 2.24) is 10.2 Å². The number of amides is 2. The van der Waals surface area contributed by atoms with E-state index >= 15 is 0 Å². The van der Waals surface area contributed by atoms with Crippen LogP contribution < -0.4 is 5.32 Å². The van der Waals surface area contributed by atoms with E-state index in [1.165, 1.54) is 0 Å². The molecular weight excluding hydrogens is 451 g/mol. The molecule has 0 unspecified atom stereocenters. The summed E-state index contributed by atoms with van der Waals surface area (Å²) < 4.78 is 0.953. The van der Waals surface area contributed by atoms with Gasteiger partial charge in [0, 0.05) is 27.6 Å². The number of hydrogen-bond acceptors (Lipinski definition) is 2. The number of nitrogens with zero attached hydrogens (tertiary/aromatic N) is 1. The van der Waals surface area contributed by atoms with Crippen molar-refractivity contribution in [2.75, 3.05) is 6.54 Å². The van der Waals surface area contributed by atoms with E-state index in [1.54, 1.807) is 30.0 Å². The van der Waals surface area contributed by atoms with E-state index in [1.807, 2.05) is 31.2 Å². The lowest BCUT2D eigenvalue weighted by Gasteiger charge is -2.29. The maximum absolute atomic E-state index is 13.0. The molecule has 7 heteroatoms. The van der Waals surface area contributed by atoms with Gasteiger partial charge in [0.2, 0.25) is 11.8 Å². The van der Waals surface area contributed by atoms with Gasteiger partial charge in [-0.15, -0.1) is 0 Å². The fraction of sp³-hybridized carbons (Fsp3) is 0.300. The van der Waals surface area contributed by atoms with E-state index in [9.17, 15) is 9.59 Å². The summed E-state index contributed by atoms with van der Waals surface area (Å²) in [4.78, 5) is 26.9. The van der Waals surface area contributed by atoms with Gasteiger partial charge in [-0.2, -0.15) is 0 Å². The Balaban J connectivity index is 2.25. The Hall–Kier alpha value is -1.56. The zero-order chi connectivity index (χ0) is 20.0. The van der Waals surface area contributed by atoms with Crippen molar-refractivity contribution in [3.63, 3.8) is 0 Å². The summed E-state index contributed by atoms with van der Waals surface area (Å²) in [6.07, 6.45) is 0.0935. The first-order valence-corrected chi connectivity index (χ1v) is 10.1. The van der Waals surface area contributed by atoms with E-state index in [-0.39, 0.29) is 18.2 Å². The number of rotatable bonds is 7. The molecule has 2 amide bonds. The Bertz CT molecular complexity index is 812. The SMILES string of the molecule is CCNC(=O)[C@@H](C)N(Cc1ccc(Br)cc1)C(=O)Cc1ccc(Cl)cc1Cl. The second-order valence-corrected chi connectivity index (χ2v) is 7.89. The van der Waals surface area contributed by atoms with Crippen molar-refractivity contribution < 1.29 is 9.59 Å². The lowest BCUT2D eigenvalue weighted by Crippen LogP contribution is -2.48. The van der Waals surface area contributed by atoms with Crippen molar-refractivity contribution in [3.05, 3.63) is 68.1 Å². The van der Waals surface area contributed by atoms with E-state index in [4.69, 9.17) is 23.2 Å². The highest BCUT2D eigenvalue weighted by Gasteiger charge is 2.26. The van der Waals surface area contributed by atoms with Gasteiger partial charge in [0.05, 0.1) is 6.42 Å². The van der Waals surface area contributed by atoms with Gasteiger partial charge in [-0.05, 0) is 49.2 Å². The first-order valence-electron chi connectivity index (χ1n) is 8.57. The molecule has 144 valence electrons. The first-order chi connectivity index (χ1) is 12.8. The van der Waals surface area contributed by atoms with Crippen LogP contribution in [0, 0.1) is 0 Å². The lowest BCUT2D eigenvalue weighted by atomic mass is 10.1. The van der Waals surface area contributed by atoms with E-state index in [2.05, 4.69) is 21.2 Å². The van der Waals surface area contributed by atoms with E-state index in [0.717, 1.165) is 10.0 Å². The summed E-state index contributed by atoms with van der Waals surface area (Å²) in [6, 6.07) is 12.1. The molecule has 2 aromatic carbocycles. The minimum atomic E-state index is -0.604. The molecule has 0 spiro atoms. The van der Waals surface area contributed by atoms with Gasteiger partial charge in [-0.25, -0.2) is 0 Å². The fourth-order valence-electron chi connectivity index (χ4n) is 2.62. The second-order valence-electron chi connectivity index (χ2n) is 6.13. The topological polar surface area (TPSA) is 49.4 Å². The molecule has 0 aliphatic rings. The van der Waals surface area contributed by atoms with Crippen LogP contribution in [-0.2, 0) is 22.6 Å². The van der Waals surface area contributed by atoms with Crippen LogP contribution in [0.1, 0.15) is 25.0 Å². The fourth-order valence-corrected chi connectivity index (χ4v) is 3.36. The predicted molar refractivity (Wildman–Crippen MR) is 113 cm³/mol. The van der Waals surface area contributed by atoms with Gasteiger partial charge in [-0.1, -0.05) is 57.3 Å². The molecule has 0 aromatic heterocycles. The highest BCUT2D eigenvalue weighted by atomic mass is 79.9. The normalized spacial score (nSPS) is 11.7. The molecule has 2 rings (SSSR count). The Morgan fingerprint density at radius 1 is 1.15 bits per heavy atom. The van der Waals surface area contributed by atoms with Crippen molar-refractivity contribution in [2.24, 2.45) is 0 Å². The maximum Gasteiger partial charge on any atom is 0.242 e. The smallest absolute Gasteiger partial charge is 0.242 e. The summed E-state index contributed by atoms with van der Waals surface area (Å²) in [5.74, 6) is -0.369. The summed E-state index contributed by atoms with van der Waals surface area (Å²) in [5, 5.41) is 3.72. The zero-order valence-corrected chi connectivity index (χ0v) is 18.2. The Morgan fingerprint density at radius 2 is 1.81 bits per heavy atom. The van der Waals surface area contributed by atoms with Crippen molar-refractivity contribution in [3.8, 4) is 0 Å². The predicted octanol–water partition coefficient (Wildman–Crippen LogP) is 4.85. The number of benzene rings is 2. The van der Waals surface area contributed by atoms with Gasteiger partial charge >= 0.3 is 0 Å². The monoisotopic (exact) mass is 470 g/mol. The molecule has 1 atom stereocenters. The number of nitrogens with one attached hydrogen (secondary N) is 1. The highest BCUT2D eigenvalue weighted by molar-refractivity contribution is 9.10. The van der Waals surface area contributed by atoms with Crippen LogP contribution in [-0.4, -0.2) is 29.3 Å². The number of halogens is 3. The molecule has 0 aliphatic heterocycles. The van der Waals surface area contributed by atoms with Gasteiger partial charge in [0.25, 0.3) is 0 Å². The molecule has 0 aliphatic carbocycles. The quantitative estimate of drug-likeness (QED) is 0.627. The highest BCUT2D eigenvalue weighted by Crippen LogP contribution is 2.23. The molecule has 0 fully saturated rings. The summed E-state index contributed by atoms with van der Waals surface area (Å²) in [5.41, 5.74) is 1.61. The molecule has 0 saturated carbocycles. The van der Waals surface area contributed by atoms with Crippen molar-refractivity contribution >= 4 is 50.9 Å². The largest absolute Gasteiger partial charge is 0.355 e. The van der Waals surface area contributed by atoms with Crippen LogP contribution in [0.2, 0.25) is 10.0 Å². The van der Waals surface area contributed by atoms with Crippen LogP contribution in [0.15, 0.2) is 46.9 Å². The molecule has 1 N–H and O–H groups in total. The van der Waals surface area contributed by atoms with Gasteiger partial charge in [0.1, 0.15) is 6.04 Å². The van der Waals surface area contributed by atoms with Crippen LogP contribution in [0.3, 0.4) is 0 Å². The Labute approximate surface area is 178 Å². The van der Waals surface area contributed by atoms with Gasteiger partial charge in [0.15, 0.2) is 0 Å². The van der Waals surface area contributed by atoms with E-state index < -0.39 is 6.04 Å². The van der Waals surface area contributed by atoms with Crippen LogP contribution in [0.4, 0.5) is 0 Å². The van der Waals surface area contributed by atoms with Crippen LogP contribution in [0.5, 0.6) is 0 Å². The average molecular weight is 472 g/mol. The maximum atomic E-state index is 13.0. The standard InChI is InChI=1S/C20H21BrCl2N2O2/c1-3-24-20(27)13(2)25(12-14-4-7-16(21)8-5-14)19(26)10-15-6-9-17(22)11-18(15)23/h4-9,11,13H,3,10,12H2,1-2H3,(H,24,27)/t13-/m1/s1. The second kappa shape index (κ2) is 10.1. The molecule has 4 nitrogen and oxygen atoms in total. The van der Waals surface area contributed by atoms with E-state index in [0.29, 0.717) is 28.7 Å². The number of hydrogen-bond donors (Lipinski definition) is 1. The van der Waals surface area contributed by atoms with Crippen molar-refractivity contribution in [1.29, 1.82) is 0 Å². The molecule has 0 saturated heterocycles. The minimum Gasteiger partial charge on any atom is -0.355 e. The minimum absolute atomic E-state index is 0.0935. The molecule has 27 heavy (non-hydrogen) atoms. The molecule has 0 heterocycles. The summed E-state index contributed by atoms with van der Waals surface area (Å²) in [7, 11) is 0.